The van der Waals surface area contributed by atoms with Gasteiger partial charge in [-0.3, -0.25) is 9.59 Å². The van der Waals surface area contributed by atoms with E-state index in [9.17, 15) is 9.59 Å². The van der Waals surface area contributed by atoms with Gasteiger partial charge in [0.05, 0.1) is 33.7 Å². The molecule has 7 nitrogen and oxygen atoms in total. The third-order valence-corrected chi connectivity index (χ3v) is 7.94. The number of hydrogen-bond acceptors (Lipinski definition) is 6. The lowest BCUT2D eigenvalue weighted by Gasteiger charge is -2.43. The Balaban J connectivity index is 1.40. The molecule has 5 rings (SSSR count). The molecule has 2 aromatic heterocycles. The topological polar surface area (TPSA) is 101 Å². The highest BCUT2D eigenvalue weighted by Gasteiger charge is 2.38. The van der Waals surface area contributed by atoms with Crippen LogP contribution in [-0.2, 0) is 9.59 Å². The quantitative estimate of drug-likeness (QED) is 0.545. The van der Waals surface area contributed by atoms with Crippen LogP contribution in [0.5, 0.6) is 0 Å². The van der Waals surface area contributed by atoms with Crippen molar-refractivity contribution in [2.45, 2.75) is 51.5 Å². The molecular weight excluding hydrogens is 434 g/mol. The Hall–Kier alpha value is -3.00. The fourth-order valence-corrected chi connectivity index (χ4v) is 5.68. The molecule has 1 aliphatic heterocycles. The largest absolute Gasteiger partial charge is 0.383 e. The Morgan fingerprint density at radius 1 is 1.24 bits per heavy atom. The van der Waals surface area contributed by atoms with Crippen molar-refractivity contribution in [1.82, 2.24) is 14.9 Å². The monoisotopic (exact) mass is 463 g/mol. The second-order valence-corrected chi connectivity index (χ2v) is 10.2. The van der Waals surface area contributed by atoms with Crippen LogP contribution >= 0.6 is 11.3 Å². The van der Waals surface area contributed by atoms with E-state index in [1.807, 2.05) is 11.6 Å². The van der Waals surface area contributed by atoms with E-state index >= 15 is 0 Å². The molecule has 2 aliphatic rings. The van der Waals surface area contributed by atoms with E-state index < -0.39 is 11.8 Å². The number of thiazole rings is 1. The minimum Gasteiger partial charge on any atom is -0.383 e. The summed E-state index contributed by atoms with van der Waals surface area (Å²) in [7, 11) is 0. The number of benzene rings is 1. The number of anilines is 2. The number of likely N-dealkylation sites (tertiary alicyclic amines) is 1. The Labute approximate surface area is 197 Å². The lowest BCUT2D eigenvalue weighted by molar-refractivity contribution is -0.147. The second-order valence-electron chi connectivity index (χ2n) is 9.36. The summed E-state index contributed by atoms with van der Waals surface area (Å²) >= 11 is 1.60. The van der Waals surface area contributed by atoms with Crippen LogP contribution in [0.4, 0.5) is 11.5 Å². The van der Waals surface area contributed by atoms with Crippen LogP contribution < -0.4 is 11.1 Å². The number of fused-ring (bicyclic) bond motifs is 1. The standard InChI is InChI=1S/C25H29N5O2S/c1-3-15-9-21(17-6-7-22-20(8-17)28-13-33-22)30(12-14(15)2)25(32)24(31)29-18-10-19(16-4-5-16)23(26)27-11-18/h6-8,10-11,13-16,21H,3-5,9,12H2,1-2H3,(H2,26,27)(H,29,31)/t14-,15+,21-/m1/s1. The van der Waals surface area contributed by atoms with Crippen LogP contribution in [0.15, 0.2) is 36.0 Å². The molecule has 2 fully saturated rings. The Morgan fingerprint density at radius 3 is 2.82 bits per heavy atom. The summed E-state index contributed by atoms with van der Waals surface area (Å²) in [6.45, 7) is 4.91. The molecular formula is C25H29N5O2S. The van der Waals surface area contributed by atoms with Crippen LogP contribution in [0.1, 0.15) is 62.6 Å². The number of nitrogen functional groups attached to an aromatic ring is 1. The minimum atomic E-state index is -0.634. The maximum atomic E-state index is 13.4. The number of nitrogens with two attached hydrogens (primary N) is 1. The molecule has 0 spiro atoms. The molecule has 3 N–H and O–H groups in total. The summed E-state index contributed by atoms with van der Waals surface area (Å²) in [5, 5.41) is 2.77. The van der Waals surface area contributed by atoms with Crippen molar-refractivity contribution in [3.8, 4) is 0 Å². The van der Waals surface area contributed by atoms with E-state index in [4.69, 9.17) is 5.73 Å². The molecule has 2 amide bonds. The van der Waals surface area contributed by atoms with Gasteiger partial charge >= 0.3 is 11.8 Å². The van der Waals surface area contributed by atoms with Crippen molar-refractivity contribution in [2.24, 2.45) is 11.8 Å². The number of pyridine rings is 1. The van der Waals surface area contributed by atoms with Gasteiger partial charge in [-0.25, -0.2) is 9.97 Å². The molecule has 3 atom stereocenters. The van der Waals surface area contributed by atoms with Crippen molar-refractivity contribution in [2.75, 3.05) is 17.6 Å². The first kappa shape index (κ1) is 21.8. The van der Waals surface area contributed by atoms with Crippen LogP contribution in [-0.4, -0.2) is 33.2 Å². The van der Waals surface area contributed by atoms with Gasteiger partial charge in [0, 0.05) is 6.54 Å². The number of hydrogen-bond donors (Lipinski definition) is 2. The van der Waals surface area contributed by atoms with Gasteiger partial charge < -0.3 is 16.0 Å². The molecule has 1 saturated carbocycles. The normalized spacial score (nSPS) is 23.0. The van der Waals surface area contributed by atoms with E-state index in [1.165, 1.54) is 6.20 Å². The maximum absolute atomic E-state index is 13.4. The van der Waals surface area contributed by atoms with Crippen LogP contribution in [0.3, 0.4) is 0 Å². The molecule has 8 heteroatoms. The summed E-state index contributed by atoms with van der Waals surface area (Å²) in [4.78, 5) is 36.8. The van der Waals surface area contributed by atoms with Gasteiger partial charge in [0.15, 0.2) is 0 Å². The lowest BCUT2D eigenvalue weighted by atomic mass is 9.79. The lowest BCUT2D eigenvalue weighted by Crippen LogP contribution is -2.48. The van der Waals surface area contributed by atoms with Gasteiger partial charge in [-0.15, -0.1) is 11.3 Å². The molecule has 0 radical (unpaired) electrons. The molecule has 3 heterocycles. The first-order valence-corrected chi connectivity index (χ1v) is 12.5. The van der Waals surface area contributed by atoms with Gasteiger partial charge in [-0.1, -0.05) is 26.3 Å². The average molecular weight is 464 g/mol. The first-order chi connectivity index (χ1) is 15.9. The molecule has 1 aromatic carbocycles. The van der Waals surface area contributed by atoms with E-state index in [-0.39, 0.29) is 6.04 Å². The Bertz CT molecular complexity index is 1200. The summed E-state index contributed by atoms with van der Waals surface area (Å²) < 4.78 is 1.12. The van der Waals surface area contributed by atoms with Gasteiger partial charge in [-0.05, 0) is 66.3 Å². The number of rotatable bonds is 4. The minimum absolute atomic E-state index is 0.151. The van der Waals surface area contributed by atoms with Crippen molar-refractivity contribution < 1.29 is 9.59 Å². The zero-order valence-electron chi connectivity index (χ0n) is 19.0. The fraction of sp³-hybridized carbons (Fsp3) is 0.440. The molecule has 0 bridgehead atoms. The smallest absolute Gasteiger partial charge is 0.313 e. The van der Waals surface area contributed by atoms with Gasteiger partial charge in [0.1, 0.15) is 5.82 Å². The summed E-state index contributed by atoms with van der Waals surface area (Å²) in [5.41, 5.74) is 11.3. The SMILES string of the molecule is CC[C@H]1C[C@H](c2ccc3scnc3c2)N(C(=O)C(=O)Nc2cnc(N)c(C3CC3)c2)C[C@H]1C. The first-order valence-electron chi connectivity index (χ1n) is 11.6. The fourth-order valence-electron chi connectivity index (χ4n) is 5.02. The van der Waals surface area contributed by atoms with Crippen molar-refractivity contribution in [3.63, 3.8) is 0 Å². The molecule has 1 aliphatic carbocycles. The molecule has 3 aromatic rings. The van der Waals surface area contributed by atoms with Crippen molar-refractivity contribution in [1.29, 1.82) is 0 Å². The summed E-state index contributed by atoms with van der Waals surface area (Å²) in [6, 6.07) is 7.89. The number of nitrogens with zero attached hydrogens (tertiary/aromatic N) is 3. The number of carbonyl (C=O) groups excluding carboxylic acids is 2. The second kappa shape index (κ2) is 8.74. The van der Waals surface area contributed by atoms with Crippen molar-refractivity contribution in [3.05, 3.63) is 47.1 Å². The summed E-state index contributed by atoms with van der Waals surface area (Å²) in [5.74, 6) is 0.579. The van der Waals surface area contributed by atoms with E-state index in [2.05, 4.69) is 47.3 Å². The maximum Gasteiger partial charge on any atom is 0.313 e. The van der Waals surface area contributed by atoms with E-state index in [1.54, 1.807) is 16.2 Å². The van der Waals surface area contributed by atoms with Crippen LogP contribution in [0, 0.1) is 11.8 Å². The third-order valence-electron chi connectivity index (χ3n) is 7.13. The summed E-state index contributed by atoms with van der Waals surface area (Å²) in [6.07, 6.45) is 5.56. The predicted molar refractivity (Wildman–Crippen MR) is 131 cm³/mol. The van der Waals surface area contributed by atoms with Crippen LogP contribution in [0.25, 0.3) is 10.2 Å². The number of aromatic nitrogens is 2. The van der Waals surface area contributed by atoms with E-state index in [0.29, 0.717) is 35.8 Å². The Kier molecular flexibility index (Phi) is 5.78. The van der Waals surface area contributed by atoms with Crippen molar-refractivity contribution >= 4 is 44.9 Å². The molecule has 172 valence electrons. The highest BCUT2D eigenvalue weighted by atomic mass is 32.1. The third kappa shape index (κ3) is 4.31. The highest BCUT2D eigenvalue weighted by molar-refractivity contribution is 7.16. The van der Waals surface area contributed by atoms with Gasteiger partial charge in [0.25, 0.3) is 0 Å². The van der Waals surface area contributed by atoms with E-state index in [0.717, 1.165) is 47.0 Å². The van der Waals surface area contributed by atoms with Gasteiger partial charge in [0.2, 0.25) is 0 Å². The number of piperidine rings is 1. The zero-order valence-corrected chi connectivity index (χ0v) is 19.8. The molecule has 33 heavy (non-hydrogen) atoms. The number of amides is 2. The molecule has 1 saturated heterocycles. The number of carbonyl (C=O) groups is 2. The molecule has 0 unspecified atom stereocenters. The van der Waals surface area contributed by atoms with Crippen LogP contribution in [0.2, 0.25) is 0 Å². The predicted octanol–water partition coefficient (Wildman–Crippen LogP) is 4.73. The Morgan fingerprint density at radius 2 is 2.06 bits per heavy atom. The highest BCUT2D eigenvalue weighted by Crippen LogP contribution is 2.43. The van der Waals surface area contributed by atoms with Gasteiger partial charge in [-0.2, -0.15) is 0 Å². The number of nitrogens with one attached hydrogen (secondary N) is 1. The zero-order chi connectivity index (χ0) is 23.1. The average Bonchev–Trinajstić information content (AvgIpc) is 3.55.